The maximum absolute atomic E-state index is 5.73. The van der Waals surface area contributed by atoms with E-state index in [4.69, 9.17) is 4.74 Å². The Kier molecular flexibility index (Phi) is 2.96. The molecule has 0 bridgehead atoms. The molecule has 1 aliphatic rings. The monoisotopic (exact) mass is 205 g/mol. The molecular weight excluding hydrogens is 186 g/mol. The molecule has 0 radical (unpaired) electrons. The summed E-state index contributed by atoms with van der Waals surface area (Å²) < 4.78 is 5.73. The average molecular weight is 205 g/mol. The highest BCUT2D eigenvalue weighted by molar-refractivity contribution is 5.38. The summed E-state index contributed by atoms with van der Waals surface area (Å²) in [7, 11) is 0. The fourth-order valence-electron chi connectivity index (χ4n) is 1.80. The quantitative estimate of drug-likeness (QED) is 0.761. The molecule has 0 spiro atoms. The number of benzene rings is 1. The van der Waals surface area contributed by atoms with Crippen LogP contribution in [0.1, 0.15) is 37.8 Å². The number of fused-ring (bicyclic) bond motifs is 1. The predicted molar refractivity (Wildman–Crippen MR) is 62.3 cm³/mol. The van der Waals surface area contributed by atoms with Crippen LogP contribution in [0.15, 0.2) is 18.2 Å². The summed E-state index contributed by atoms with van der Waals surface area (Å²) in [6.45, 7) is 8.25. The van der Waals surface area contributed by atoms with Crippen molar-refractivity contribution in [2.75, 3.05) is 6.61 Å². The van der Waals surface area contributed by atoms with Gasteiger partial charge in [-0.1, -0.05) is 26.0 Å². The van der Waals surface area contributed by atoms with Crippen LogP contribution in [0.4, 0.5) is 0 Å². The molecule has 1 unspecified atom stereocenters. The first kappa shape index (κ1) is 10.5. The number of hydrogen-bond donors (Lipinski definition) is 1. The van der Waals surface area contributed by atoms with Crippen molar-refractivity contribution in [1.82, 2.24) is 5.32 Å². The number of ether oxygens (including phenoxy) is 1. The van der Waals surface area contributed by atoms with Gasteiger partial charge in [-0.3, -0.25) is 0 Å². The summed E-state index contributed by atoms with van der Waals surface area (Å²) >= 11 is 0. The Balaban J connectivity index is 2.28. The minimum atomic E-state index is 0.430. The van der Waals surface area contributed by atoms with E-state index in [9.17, 15) is 0 Å². The SMILES string of the molecule is CC1COc2ccc(C(C)C)cc2CN1. The van der Waals surface area contributed by atoms with Crippen molar-refractivity contribution in [3.8, 4) is 5.75 Å². The molecule has 1 N–H and O–H groups in total. The van der Waals surface area contributed by atoms with Gasteiger partial charge in [0.1, 0.15) is 12.4 Å². The number of nitrogens with one attached hydrogen (secondary N) is 1. The van der Waals surface area contributed by atoms with Crippen LogP contribution >= 0.6 is 0 Å². The Bertz CT molecular complexity index is 346. The highest BCUT2D eigenvalue weighted by atomic mass is 16.5. The van der Waals surface area contributed by atoms with Crippen molar-refractivity contribution < 1.29 is 4.74 Å². The molecule has 2 rings (SSSR count). The Labute approximate surface area is 91.6 Å². The standard InChI is InChI=1S/C13H19NO/c1-9(2)11-4-5-13-12(6-11)7-14-10(3)8-15-13/h4-6,9-10,14H,7-8H2,1-3H3. The van der Waals surface area contributed by atoms with Gasteiger partial charge >= 0.3 is 0 Å². The molecule has 1 heterocycles. The molecule has 0 amide bonds. The third-order valence-corrected chi connectivity index (χ3v) is 2.88. The van der Waals surface area contributed by atoms with E-state index >= 15 is 0 Å². The molecule has 0 saturated carbocycles. The van der Waals surface area contributed by atoms with Crippen molar-refractivity contribution in [1.29, 1.82) is 0 Å². The van der Waals surface area contributed by atoms with Gasteiger partial charge in [0, 0.05) is 18.2 Å². The zero-order valence-corrected chi connectivity index (χ0v) is 9.71. The van der Waals surface area contributed by atoms with Gasteiger partial charge in [-0.25, -0.2) is 0 Å². The number of rotatable bonds is 1. The smallest absolute Gasteiger partial charge is 0.123 e. The van der Waals surface area contributed by atoms with Crippen molar-refractivity contribution in [2.45, 2.75) is 39.3 Å². The van der Waals surface area contributed by atoms with Crippen molar-refractivity contribution in [3.05, 3.63) is 29.3 Å². The van der Waals surface area contributed by atoms with E-state index in [-0.39, 0.29) is 0 Å². The van der Waals surface area contributed by atoms with Gasteiger partial charge in [0.2, 0.25) is 0 Å². The molecule has 1 aromatic rings. The third-order valence-electron chi connectivity index (χ3n) is 2.88. The van der Waals surface area contributed by atoms with E-state index in [1.807, 2.05) is 0 Å². The Morgan fingerprint density at radius 1 is 1.40 bits per heavy atom. The molecule has 0 saturated heterocycles. The van der Waals surface area contributed by atoms with Gasteiger partial charge in [0.05, 0.1) is 0 Å². The fraction of sp³-hybridized carbons (Fsp3) is 0.538. The molecule has 2 nitrogen and oxygen atoms in total. The summed E-state index contributed by atoms with van der Waals surface area (Å²) in [6.07, 6.45) is 0. The van der Waals surface area contributed by atoms with Gasteiger partial charge in [-0.15, -0.1) is 0 Å². The minimum Gasteiger partial charge on any atom is -0.492 e. The van der Waals surface area contributed by atoms with E-state index < -0.39 is 0 Å². The largest absolute Gasteiger partial charge is 0.492 e. The first-order valence-corrected chi connectivity index (χ1v) is 5.66. The molecule has 0 aliphatic carbocycles. The summed E-state index contributed by atoms with van der Waals surface area (Å²) in [4.78, 5) is 0. The Morgan fingerprint density at radius 3 is 2.93 bits per heavy atom. The van der Waals surface area contributed by atoms with Gasteiger partial charge in [0.15, 0.2) is 0 Å². The number of hydrogen-bond acceptors (Lipinski definition) is 2. The first-order chi connectivity index (χ1) is 7.16. The molecule has 1 atom stereocenters. The fourth-order valence-corrected chi connectivity index (χ4v) is 1.80. The van der Waals surface area contributed by atoms with Crippen molar-refractivity contribution in [3.63, 3.8) is 0 Å². The maximum atomic E-state index is 5.73. The third kappa shape index (κ3) is 2.32. The molecular formula is C13H19NO. The van der Waals surface area contributed by atoms with Crippen LogP contribution < -0.4 is 10.1 Å². The van der Waals surface area contributed by atoms with Gasteiger partial charge in [0.25, 0.3) is 0 Å². The zero-order chi connectivity index (χ0) is 10.8. The normalized spacial score (nSPS) is 20.7. The molecule has 1 aromatic carbocycles. The van der Waals surface area contributed by atoms with Crippen LogP contribution in [0.25, 0.3) is 0 Å². The van der Waals surface area contributed by atoms with Crippen LogP contribution in [-0.2, 0) is 6.54 Å². The molecule has 82 valence electrons. The second-order valence-electron chi connectivity index (χ2n) is 4.61. The van der Waals surface area contributed by atoms with Crippen LogP contribution in [-0.4, -0.2) is 12.6 Å². The lowest BCUT2D eigenvalue weighted by Crippen LogP contribution is -2.28. The highest BCUT2D eigenvalue weighted by Gasteiger charge is 2.13. The highest BCUT2D eigenvalue weighted by Crippen LogP contribution is 2.25. The predicted octanol–water partition coefficient (Wildman–Crippen LogP) is 2.68. The van der Waals surface area contributed by atoms with E-state index in [0.717, 1.165) is 18.9 Å². The van der Waals surface area contributed by atoms with Gasteiger partial charge in [-0.05, 0) is 24.5 Å². The van der Waals surface area contributed by atoms with Crippen molar-refractivity contribution in [2.24, 2.45) is 0 Å². The summed E-state index contributed by atoms with van der Waals surface area (Å²) in [5.41, 5.74) is 2.67. The molecule has 15 heavy (non-hydrogen) atoms. The van der Waals surface area contributed by atoms with Gasteiger partial charge < -0.3 is 10.1 Å². The summed E-state index contributed by atoms with van der Waals surface area (Å²) in [5, 5.41) is 3.44. The van der Waals surface area contributed by atoms with Crippen LogP contribution in [0, 0.1) is 0 Å². The van der Waals surface area contributed by atoms with E-state index in [1.165, 1.54) is 11.1 Å². The summed E-state index contributed by atoms with van der Waals surface area (Å²) in [5.74, 6) is 1.62. The van der Waals surface area contributed by atoms with Crippen LogP contribution in [0.2, 0.25) is 0 Å². The van der Waals surface area contributed by atoms with Gasteiger partial charge in [-0.2, -0.15) is 0 Å². The van der Waals surface area contributed by atoms with Crippen LogP contribution in [0.3, 0.4) is 0 Å². The summed E-state index contributed by atoms with van der Waals surface area (Å²) in [6, 6.07) is 6.95. The van der Waals surface area contributed by atoms with Crippen LogP contribution in [0.5, 0.6) is 5.75 Å². The van der Waals surface area contributed by atoms with E-state index in [1.54, 1.807) is 0 Å². The Hall–Kier alpha value is -1.02. The lowest BCUT2D eigenvalue weighted by Gasteiger charge is -2.10. The topological polar surface area (TPSA) is 21.3 Å². The Morgan fingerprint density at radius 2 is 2.20 bits per heavy atom. The zero-order valence-electron chi connectivity index (χ0n) is 9.71. The maximum Gasteiger partial charge on any atom is 0.123 e. The molecule has 1 aliphatic heterocycles. The first-order valence-electron chi connectivity index (χ1n) is 5.66. The minimum absolute atomic E-state index is 0.430. The lowest BCUT2D eigenvalue weighted by molar-refractivity contribution is 0.287. The second-order valence-corrected chi connectivity index (χ2v) is 4.61. The molecule has 0 aromatic heterocycles. The van der Waals surface area contributed by atoms with Crippen molar-refractivity contribution >= 4 is 0 Å². The molecule has 0 fully saturated rings. The van der Waals surface area contributed by atoms with E-state index in [2.05, 4.69) is 44.3 Å². The molecule has 2 heteroatoms. The lowest BCUT2D eigenvalue weighted by atomic mass is 10.0. The second kappa shape index (κ2) is 4.23. The van der Waals surface area contributed by atoms with E-state index in [0.29, 0.717) is 12.0 Å². The average Bonchev–Trinajstić information content (AvgIpc) is 2.40.